The second-order valence-corrected chi connectivity index (χ2v) is 7.27. The fourth-order valence-corrected chi connectivity index (χ4v) is 3.37. The van der Waals surface area contributed by atoms with Crippen molar-refractivity contribution in [1.29, 1.82) is 0 Å². The number of rotatable bonds is 7. The number of carbonyl (C=O) groups is 1. The Balaban J connectivity index is 1.73. The first kappa shape index (κ1) is 24.0. The van der Waals surface area contributed by atoms with E-state index >= 15 is 0 Å². The van der Waals surface area contributed by atoms with Crippen molar-refractivity contribution in [1.82, 2.24) is 9.97 Å². The Labute approximate surface area is 195 Å². The molecule has 3 aromatic rings. The minimum atomic E-state index is -4.49. The summed E-state index contributed by atoms with van der Waals surface area (Å²) in [6.07, 6.45) is -3.34. The van der Waals surface area contributed by atoms with E-state index in [9.17, 15) is 26.7 Å². The number of hydrogen-bond donors (Lipinski definition) is 1. The maximum absolute atomic E-state index is 13.5. The molecule has 0 atom stereocenters. The highest BCUT2D eigenvalue weighted by Gasteiger charge is 2.35. The molecule has 4 rings (SSSR count). The fraction of sp³-hybridized carbons (Fsp3) is 0.227. The molecule has 0 saturated carbocycles. The second kappa shape index (κ2) is 9.60. The predicted molar refractivity (Wildman–Crippen MR) is 116 cm³/mol. The lowest BCUT2D eigenvalue weighted by Crippen LogP contribution is -2.46. The van der Waals surface area contributed by atoms with Crippen molar-refractivity contribution in [3.05, 3.63) is 60.4 Å². The number of fused-ring (bicyclic) bond motifs is 1. The van der Waals surface area contributed by atoms with Gasteiger partial charge in [0, 0.05) is 5.69 Å². The molecule has 0 fully saturated rings. The van der Waals surface area contributed by atoms with Crippen molar-refractivity contribution in [2.75, 3.05) is 28.8 Å². The van der Waals surface area contributed by atoms with Gasteiger partial charge in [0.2, 0.25) is 0 Å². The molecule has 0 radical (unpaired) electrons. The Morgan fingerprint density at radius 1 is 1.03 bits per heavy atom. The van der Waals surface area contributed by atoms with Gasteiger partial charge in [0.25, 0.3) is 0 Å². The molecule has 0 spiro atoms. The predicted octanol–water partition coefficient (Wildman–Crippen LogP) is 5.34. The Morgan fingerprint density at radius 2 is 1.66 bits per heavy atom. The van der Waals surface area contributed by atoms with Crippen LogP contribution in [0.4, 0.5) is 49.8 Å². The maximum atomic E-state index is 13.5. The highest BCUT2D eigenvalue weighted by atomic mass is 19.4. The minimum absolute atomic E-state index is 0.00385. The van der Waals surface area contributed by atoms with Crippen LogP contribution in [-0.2, 0) is 6.54 Å². The summed E-state index contributed by atoms with van der Waals surface area (Å²) in [4.78, 5) is 24.5. The smallest absolute Gasteiger partial charge is 0.405 e. The lowest BCUT2D eigenvalue weighted by molar-refractivity contribution is -0.115. The van der Waals surface area contributed by atoms with Crippen LogP contribution >= 0.6 is 0 Å². The monoisotopic (exact) mass is 495 g/mol. The van der Waals surface area contributed by atoms with Gasteiger partial charge in [-0.05, 0) is 48.5 Å². The first-order valence-electron chi connectivity index (χ1n) is 10.1. The standard InChI is InChI=1S/C22H18F5N5O3/c1-34-15-6-2-13(3-7-15)31-11-17-19(30-18(10-28-17)29-12-22(25,26)27)32(21(31)33)14-4-8-16(9-5-14)35-20(23)24/h2-10,20H,11-12H2,1H3,(H,29,30). The molecule has 35 heavy (non-hydrogen) atoms. The molecule has 0 bridgehead atoms. The van der Waals surface area contributed by atoms with Crippen molar-refractivity contribution < 1.29 is 36.2 Å². The van der Waals surface area contributed by atoms with E-state index in [1.807, 2.05) is 0 Å². The number of carbonyl (C=O) groups excluding carboxylic acids is 1. The number of urea groups is 1. The summed E-state index contributed by atoms with van der Waals surface area (Å²) in [5, 5.41) is 2.14. The van der Waals surface area contributed by atoms with Crippen LogP contribution in [0.2, 0.25) is 0 Å². The van der Waals surface area contributed by atoms with Gasteiger partial charge in [0.05, 0.1) is 25.5 Å². The van der Waals surface area contributed by atoms with Crippen molar-refractivity contribution in [3.8, 4) is 11.5 Å². The number of benzene rings is 2. The topological polar surface area (TPSA) is 79.8 Å². The van der Waals surface area contributed by atoms with E-state index in [1.165, 1.54) is 36.3 Å². The van der Waals surface area contributed by atoms with Gasteiger partial charge in [-0.25, -0.2) is 14.7 Å². The number of alkyl halides is 5. The summed E-state index contributed by atoms with van der Waals surface area (Å²) in [6.45, 7) is -4.38. The van der Waals surface area contributed by atoms with Gasteiger partial charge in [0.15, 0.2) is 5.82 Å². The van der Waals surface area contributed by atoms with Crippen LogP contribution in [0.15, 0.2) is 54.7 Å². The van der Waals surface area contributed by atoms with Gasteiger partial charge >= 0.3 is 18.8 Å². The largest absolute Gasteiger partial charge is 0.497 e. The van der Waals surface area contributed by atoms with Gasteiger partial charge < -0.3 is 14.8 Å². The van der Waals surface area contributed by atoms with Crippen molar-refractivity contribution in [2.24, 2.45) is 0 Å². The van der Waals surface area contributed by atoms with E-state index in [1.54, 1.807) is 24.3 Å². The lowest BCUT2D eigenvalue weighted by atomic mass is 10.2. The van der Waals surface area contributed by atoms with Crippen LogP contribution < -0.4 is 24.6 Å². The minimum Gasteiger partial charge on any atom is -0.497 e. The second-order valence-electron chi connectivity index (χ2n) is 7.27. The molecule has 184 valence electrons. The molecule has 2 aromatic carbocycles. The van der Waals surface area contributed by atoms with Crippen LogP contribution in [0.5, 0.6) is 11.5 Å². The molecule has 1 aliphatic rings. The summed E-state index contributed by atoms with van der Waals surface area (Å²) >= 11 is 0. The van der Waals surface area contributed by atoms with Gasteiger partial charge in [-0.2, -0.15) is 22.0 Å². The molecule has 0 unspecified atom stereocenters. The fourth-order valence-electron chi connectivity index (χ4n) is 3.37. The van der Waals surface area contributed by atoms with Crippen LogP contribution in [0.3, 0.4) is 0 Å². The number of aromatic nitrogens is 2. The van der Waals surface area contributed by atoms with Crippen molar-refractivity contribution >= 4 is 29.0 Å². The zero-order chi connectivity index (χ0) is 25.2. The van der Waals surface area contributed by atoms with E-state index < -0.39 is 25.4 Å². The van der Waals surface area contributed by atoms with Crippen molar-refractivity contribution in [2.45, 2.75) is 19.3 Å². The van der Waals surface area contributed by atoms with E-state index in [-0.39, 0.29) is 29.6 Å². The van der Waals surface area contributed by atoms with Gasteiger partial charge in [0.1, 0.15) is 29.6 Å². The Bertz CT molecular complexity index is 1190. The summed E-state index contributed by atoms with van der Waals surface area (Å²) < 4.78 is 72.5. The zero-order valence-electron chi connectivity index (χ0n) is 18.1. The van der Waals surface area contributed by atoms with Crippen molar-refractivity contribution in [3.63, 3.8) is 0 Å². The third-order valence-electron chi connectivity index (χ3n) is 4.94. The highest BCUT2D eigenvalue weighted by molar-refractivity contribution is 6.10. The molecular formula is C22H18F5N5O3. The Kier molecular flexibility index (Phi) is 6.58. The van der Waals surface area contributed by atoms with Crippen LogP contribution in [0.1, 0.15) is 5.69 Å². The first-order valence-corrected chi connectivity index (χ1v) is 10.1. The average molecular weight is 495 g/mol. The molecule has 1 aromatic heterocycles. The lowest BCUT2D eigenvalue weighted by Gasteiger charge is -2.35. The van der Waals surface area contributed by atoms with E-state index in [0.717, 1.165) is 11.1 Å². The number of nitrogens with one attached hydrogen (secondary N) is 1. The summed E-state index contributed by atoms with van der Waals surface area (Å²) in [5.41, 5.74) is 1.04. The Hall–Kier alpha value is -4.16. The van der Waals surface area contributed by atoms with Gasteiger partial charge in [-0.15, -0.1) is 0 Å². The third kappa shape index (κ3) is 5.50. The molecular weight excluding hydrogens is 477 g/mol. The summed E-state index contributed by atoms with van der Waals surface area (Å²) in [5.74, 6) is 0.265. The molecule has 13 heteroatoms. The van der Waals surface area contributed by atoms with Gasteiger partial charge in [-0.3, -0.25) is 9.88 Å². The number of methoxy groups -OCH3 is 1. The summed E-state index contributed by atoms with van der Waals surface area (Å²) in [6, 6.07) is 11.2. The number of amides is 2. The molecule has 1 aliphatic heterocycles. The number of ether oxygens (including phenoxy) is 2. The molecule has 2 amide bonds. The molecule has 0 aliphatic carbocycles. The van der Waals surface area contributed by atoms with E-state index in [0.29, 0.717) is 17.1 Å². The molecule has 8 nitrogen and oxygen atoms in total. The Morgan fingerprint density at radius 3 is 2.26 bits per heavy atom. The average Bonchev–Trinajstić information content (AvgIpc) is 2.82. The summed E-state index contributed by atoms with van der Waals surface area (Å²) in [7, 11) is 1.50. The molecule has 0 saturated heterocycles. The number of anilines is 4. The first-order chi connectivity index (χ1) is 16.6. The van der Waals surface area contributed by atoms with Crippen LogP contribution in [0, 0.1) is 0 Å². The normalized spacial score (nSPS) is 13.6. The molecule has 2 heterocycles. The van der Waals surface area contributed by atoms with Crippen LogP contribution in [-0.4, -0.2) is 42.4 Å². The third-order valence-corrected chi connectivity index (χ3v) is 4.94. The van der Waals surface area contributed by atoms with E-state index in [4.69, 9.17) is 4.74 Å². The van der Waals surface area contributed by atoms with Crippen LogP contribution in [0.25, 0.3) is 0 Å². The number of nitrogens with zero attached hydrogens (tertiary/aromatic N) is 4. The van der Waals surface area contributed by atoms with Gasteiger partial charge in [-0.1, -0.05) is 0 Å². The number of hydrogen-bond acceptors (Lipinski definition) is 6. The SMILES string of the molecule is COc1ccc(N2Cc3ncc(NCC(F)(F)F)nc3N(c3ccc(OC(F)F)cc3)C2=O)cc1. The zero-order valence-corrected chi connectivity index (χ0v) is 18.1. The molecule has 1 N–H and O–H groups in total. The highest BCUT2D eigenvalue weighted by Crippen LogP contribution is 2.36. The maximum Gasteiger partial charge on any atom is 0.405 e. The number of halogens is 5. The quantitative estimate of drug-likeness (QED) is 0.446. The van der Waals surface area contributed by atoms with E-state index in [2.05, 4.69) is 20.0 Å².